The maximum atomic E-state index is 13.8. The van der Waals surface area contributed by atoms with Gasteiger partial charge in [0.05, 0.1) is 48.7 Å². The first kappa shape index (κ1) is 48.5. The van der Waals surface area contributed by atoms with Crippen molar-refractivity contribution in [1.29, 1.82) is 0 Å². The third-order valence-electron chi connectivity index (χ3n) is 11.2. The molecule has 8 heteroatoms. The van der Waals surface area contributed by atoms with Crippen molar-refractivity contribution in [3.63, 3.8) is 0 Å². The third-order valence-corrected chi connectivity index (χ3v) is 11.2. The van der Waals surface area contributed by atoms with E-state index in [1.54, 1.807) is 36.4 Å². The Hall–Kier alpha value is -3.68. The molecule has 314 valence electrons. The van der Waals surface area contributed by atoms with Crippen molar-refractivity contribution < 1.29 is 38.1 Å². The zero-order chi connectivity index (χ0) is 41.3. The molecule has 0 radical (unpaired) electrons. The van der Waals surface area contributed by atoms with Crippen molar-refractivity contribution in [2.24, 2.45) is 23.7 Å². The number of carbonyl (C=O) groups excluding carboxylic acids is 4. The van der Waals surface area contributed by atoms with Gasteiger partial charge in [-0.05, 0) is 84.7 Å². The van der Waals surface area contributed by atoms with Crippen LogP contribution in [0.25, 0.3) is 11.1 Å². The van der Waals surface area contributed by atoms with Crippen LogP contribution < -0.4 is 0 Å². The van der Waals surface area contributed by atoms with Gasteiger partial charge in [0.15, 0.2) is 0 Å². The lowest BCUT2D eigenvalue weighted by atomic mass is 9.95. The molecule has 0 bridgehead atoms. The van der Waals surface area contributed by atoms with Gasteiger partial charge < -0.3 is 18.9 Å². The van der Waals surface area contributed by atoms with E-state index in [1.807, 2.05) is 0 Å². The van der Waals surface area contributed by atoms with Crippen LogP contribution in [0.15, 0.2) is 36.4 Å². The van der Waals surface area contributed by atoms with Crippen molar-refractivity contribution in [2.45, 2.75) is 158 Å². The van der Waals surface area contributed by atoms with Crippen molar-refractivity contribution in [1.82, 2.24) is 0 Å². The van der Waals surface area contributed by atoms with E-state index in [2.05, 4.69) is 55.4 Å². The van der Waals surface area contributed by atoms with E-state index in [0.29, 0.717) is 11.1 Å². The molecule has 0 saturated heterocycles. The number of ether oxygens (including phenoxy) is 4. The zero-order valence-corrected chi connectivity index (χ0v) is 36.2. The molecule has 0 aliphatic rings. The summed E-state index contributed by atoms with van der Waals surface area (Å²) in [6.07, 6.45) is 15.8. The van der Waals surface area contributed by atoms with Crippen LogP contribution in [0.5, 0.6) is 0 Å². The summed E-state index contributed by atoms with van der Waals surface area (Å²) in [6.45, 7) is 18.0. The number of esters is 4. The predicted molar refractivity (Wildman–Crippen MR) is 226 cm³/mol. The standard InChI is InChI=1S/C48H74O8/c1-9-17-21-35(13-5)31-53-45(49)41-27-25-39(29-43(41)47(51)55-33-37(15-7)23-19-11-3)40-26-28-42(46(50)54-32-36(14-6)22-18-10-2)44(30-40)48(52)56-34-38(16-8)24-20-12-4/h25-30,35-38H,9-24,31-34H2,1-8H3. The highest BCUT2D eigenvalue weighted by molar-refractivity contribution is 6.06. The number of carbonyl (C=O) groups is 4. The molecule has 0 aliphatic heterocycles. The Bertz CT molecular complexity index is 1360. The molecule has 4 unspecified atom stereocenters. The fourth-order valence-corrected chi connectivity index (χ4v) is 6.82. The lowest BCUT2D eigenvalue weighted by Crippen LogP contribution is -2.20. The Labute approximate surface area is 339 Å². The summed E-state index contributed by atoms with van der Waals surface area (Å²) in [6, 6.07) is 9.91. The Morgan fingerprint density at radius 3 is 0.875 bits per heavy atom. The molecule has 4 atom stereocenters. The van der Waals surface area contributed by atoms with Crippen LogP contribution in [-0.2, 0) is 18.9 Å². The number of hydrogen-bond donors (Lipinski definition) is 0. The molecule has 0 N–H and O–H groups in total. The van der Waals surface area contributed by atoms with Gasteiger partial charge in [0.2, 0.25) is 0 Å². The van der Waals surface area contributed by atoms with Gasteiger partial charge in [-0.1, -0.05) is 145 Å². The molecule has 0 fully saturated rings. The maximum Gasteiger partial charge on any atom is 0.339 e. The molecule has 0 spiro atoms. The predicted octanol–water partition coefficient (Wildman–Crippen LogP) is 12.8. The van der Waals surface area contributed by atoms with Crippen LogP contribution in [0.3, 0.4) is 0 Å². The highest BCUT2D eigenvalue weighted by Gasteiger charge is 2.26. The topological polar surface area (TPSA) is 105 Å². The number of benzene rings is 2. The Kier molecular flexibility index (Phi) is 24.1. The molecule has 8 nitrogen and oxygen atoms in total. The molecule has 0 heterocycles. The van der Waals surface area contributed by atoms with Gasteiger partial charge in [-0.2, -0.15) is 0 Å². The lowest BCUT2D eigenvalue weighted by Gasteiger charge is -2.18. The van der Waals surface area contributed by atoms with E-state index in [0.717, 1.165) is 103 Å². The van der Waals surface area contributed by atoms with Crippen LogP contribution >= 0.6 is 0 Å². The number of unbranched alkanes of at least 4 members (excludes halogenated alkanes) is 4. The van der Waals surface area contributed by atoms with Gasteiger partial charge in [0.25, 0.3) is 0 Å². The average molecular weight is 779 g/mol. The molecule has 0 aromatic heterocycles. The van der Waals surface area contributed by atoms with Crippen molar-refractivity contribution in [3.8, 4) is 11.1 Å². The monoisotopic (exact) mass is 779 g/mol. The molecule has 2 aromatic carbocycles. The normalized spacial score (nSPS) is 13.4. The minimum Gasteiger partial charge on any atom is -0.462 e. The molecule has 0 saturated carbocycles. The largest absolute Gasteiger partial charge is 0.462 e. The highest BCUT2D eigenvalue weighted by Crippen LogP contribution is 2.29. The SMILES string of the molecule is CCCCC(CC)COC(=O)c1ccc(-c2ccc(C(=O)OCC(CC)CCCC)c(C(=O)OCC(CC)CCCC)c2)cc1C(=O)OCC(CC)CCCC. The molecule has 0 aliphatic carbocycles. The van der Waals surface area contributed by atoms with E-state index in [4.69, 9.17) is 18.9 Å². The number of rotatable bonds is 29. The second-order valence-corrected chi connectivity index (χ2v) is 15.6. The first-order chi connectivity index (χ1) is 27.1. The summed E-state index contributed by atoms with van der Waals surface area (Å²) in [4.78, 5) is 54.8. The molecule has 56 heavy (non-hydrogen) atoms. The maximum absolute atomic E-state index is 13.8. The second-order valence-electron chi connectivity index (χ2n) is 15.6. The summed E-state index contributed by atoms with van der Waals surface area (Å²) < 4.78 is 23.3. The van der Waals surface area contributed by atoms with Gasteiger partial charge in [-0.3, -0.25) is 0 Å². The van der Waals surface area contributed by atoms with E-state index < -0.39 is 23.9 Å². The van der Waals surface area contributed by atoms with Crippen LogP contribution in [0.4, 0.5) is 0 Å². The minimum atomic E-state index is -0.599. The molecule has 2 aromatic rings. The van der Waals surface area contributed by atoms with Gasteiger partial charge in [-0.25, -0.2) is 19.2 Å². The Morgan fingerprint density at radius 1 is 0.393 bits per heavy atom. The highest BCUT2D eigenvalue weighted by atomic mass is 16.5. The van der Waals surface area contributed by atoms with Gasteiger partial charge in [-0.15, -0.1) is 0 Å². The summed E-state index contributed by atoms with van der Waals surface area (Å²) in [5.41, 5.74) is 1.64. The van der Waals surface area contributed by atoms with E-state index in [9.17, 15) is 19.2 Å². The average Bonchev–Trinajstić information content (AvgIpc) is 3.23. The van der Waals surface area contributed by atoms with Gasteiger partial charge >= 0.3 is 23.9 Å². The van der Waals surface area contributed by atoms with Crippen molar-refractivity contribution >= 4 is 23.9 Å². The molecule has 0 amide bonds. The fraction of sp³-hybridized carbons (Fsp3) is 0.667. The third kappa shape index (κ3) is 16.4. The Balaban J connectivity index is 2.57. The quantitative estimate of drug-likeness (QED) is 0.0594. The smallest absolute Gasteiger partial charge is 0.339 e. The van der Waals surface area contributed by atoms with E-state index in [-0.39, 0.29) is 72.4 Å². The van der Waals surface area contributed by atoms with Gasteiger partial charge in [0.1, 0.15) is 0 Å². The van der Waals surface area contributed by atoms with Crippen molar-refractivity contribution in [2.75, 3.05) is 26.4 Å². The first-order valence-electron chi connectivity index (χ1n) is 22.1. The second kappa shape index (κ2) is 27.8. The molecular weight excluding hydrogens is 705 g/mol. The summed E-state index contributed by atoms with van der Waals surface area (Å²) in [7, 11) is 0. The van der Waals surface area contributed by atoms with E-state index >= 15 is 0 Å². The summed E-state index contributed by atoms with van der Waals surface area (Å²) in [5.74, 6) is -1.43. The van der Waals surface area contributed by atoms with Crippen molar-refractivity contribution in [3.05, 3.63) is 58.7 Å². The first-order valence-corrected chi connectivity index (χ1v) is 22.1. The van der Waals surface area contributed by atoms with Gasteiger partial charge in [0, 0.05) is 0 Å². The van der Waals surface area contributed by atoms with Crippen LogP contribution in [-0.4, -0.2) is 50.3 Å². The lowest BCUT2D eigenvalue weighted by molar-refractivity contribution is 0.0381. The van der Waals surface area contributed by atoms with Crippen LogP contribution in [0.2, 0.25) is 0 Å². The van der Waals surface area contributed by atoms with Crippen LogP contribution in [0.1, 0.15) is 200 Å². The summed E-state index contributed by atoms with van der Waals surface area (Å²) in [5, 5.41) is 0. The molecular formula is C48H74O8. The fourth-order valence-electron chi connectivity index (χ4n) is 6.82. The summed E-state index contributed by atoms with van der Waals surface area (Å²) >= 11 is 0. The number of hydrogen-bond acceptors (Lipinski definition) is 8. The molecule has 2 rings (SSSR count). The van der Waals surface area contributed by atoms with E-state index in [1.165, 1.54) is 0 Å². The minimum absolute atomic E-state index is 0.103. The van der Waals surface area contributed by atoms with Crippen LogP contribution in [0, 0.1) is 23.7 Å². The zero-order valence-electron chi connectivity index (χ0n) is 36.2. The Morgan fingerprint density at radius 2 is 0.643 bits per heavy atom.